The minimum atomic E-state index is -1.70. The first kappa shape index (κ1) is 23.7. The van der Waals surface area contributed by atoms with Gasteiger partial charge in [0.25, 0.3) is 0 Å². The molecule has 3 rings (SSSR count). The van der Waals surface area contributed by atoms with Gasteiger partial charge in [0.05, 0.1) is 17.8 Å². The number of fused-ring (bicyclic) bond motifs is 1. The number of carbonyl (C=O) groups is 1. The van der Waals surface area contributed by atoms with Crippen LogP contribution in [0.5, 0.6) is 11.5 Å². The molecule has 31 heavy (non-hydrogen) atoms. The van der Waals surface area contributed by atoms with E-state index >= 15 is 0 Å². The fourth-order valence-corrected chi connectivity index (χ4v) is 3.75. The van der Waals surface area contributed by atoms with Crippen molar-refractivity contribution in [2.75, 3.05) is 6.61 Å². The molecule has 11 heteroatoms. The van der Waals surface area contributed by atoms with Crippen LogP contribution in [-0.2, 0) is 16.0 Å². The highest BCUT2D eigenvalue weighted by Gasteiger charge is 2.48. The van der Waals surface area contributed by atoms with Gasteiger partial charge < -0.3 is 50.0 Å². The summed E-state index contributed by atoms with van der Waals surface area (Å²) in [4.78, 5) is 11.1. The smallest absolute Gasteiger partial charge is 0.303 e. The van der Waals surface area contributed by atoms with Gasteiger partial charge in [-0.25, -0.2) is 0 Å². The second-order valence-corrected chi connectivity index (χ2v) is 8.31. The van der Waals surface area contributed by atoms with Crippen molar-refractivity contribution in [1.82, 2.24) is 0 Å². The summed E-state index contributed by atoms with van der Waals surface area (Å²) in [5.74, 6) is -0.897. The second kappa shape index (κ2) is 8.87. The third-order valence-corrected chi connectivity index (χ3v) is 5.46. The van der Waals surface area contributed by atoms with Gasteiger partial charge in [0.1, 0.15) is 42.0 Å². The highest BCUT2D eigenvalue weighted by molar-refractivity contribution is 5.67. The van der Waals surface area contributed by atoms with E-state index in [-0.39, 0.29) is 29.9 Å². The van der Waals surface area contributed by atoms with Gasteiger partial charge >= 0.3 is 5.97 Å². The fourth-order valence-electron chi connectivity index (χ4n) is 3.75. The fraction of sp³-hybridized carbons (Fsp3) is 0.650. The Morgan fingerprint density at radius 1 is 1.13 bits per heavy atom. The van der Waals surface area contributed by atoms with Gasteiger partial charge in [-0.3, -0.25) is 4.79 Å². The standard InChI is InChI=1S/C20H28O11/c1-20(2,28)18-14(25)12-9(29-18)5-3-8(4-6-11(22)23)17(12)31-19-16(27)15(26)13(24)10(7-21)30-19/h3,5,10,13-16,18-19,21,24-28H,4,6-7H2,1-2H3,(H,22,23). The molecule has 11 nitrogen and oxygen atoms in total. The minimum Gasteiger partial charge on any atom is -0.484 e. The van der Waals surface area contributed by atoms with E-state index in [4.69, 9.17) is 19.3 Å². The van der Waals surface area contributed by atoms with Crippen LogP contribution in [0.4, 0.5) is 0 Å². The molecule has 0 saturated carbocycles. The first-order valence-electron chi connectivity index (χ1n) is 9.87. The average Bonchev–Trinajstić information content (AvgIpc) is 3.04. The quantitative estimate of drug-likeness (QED) is 0.258. The number of aliphatic carboxylic acids is 1. The summed E-state index contributed by atoms with van der Waals surface area (Å²) in [6.45, 7) is 2.25. The third kappa shape index (κ3) is 4.62. The lowest BCUT2D eigenvalue weighted by Gasteiger charge is -2.40. The number of carboxylic acid groups (broad SMARTS) is 1. The van der Waals surface area contributed by atoms with Crippen molar-refractivity contribution in [2.24, 2.45) is 0 Å². The van der Waals surface area contributed by atoms with Crippen molar-refractivity contribution < 1.29 is 54.8 Å². The molecule has 7 N–H and O–H groups in total. The van der Waals surface area contributed by atoms with E-state index in [9.17, 15) is 35.4 Å². The molecule has 2 aliphatic rings. The predicted octanol–water partition coefficient (Wildman–Crippen LogP) is -1.55. The molecule has 1 fully saturated rings. The number of ether oxygens (including phenoxy) is 3. The second-order valence-electron chi connectivity index (χ2n) is 8.31. The third-order valence-electron chi connectivity index (χ3n) is 5.46. The molecule has 0 spiro atoms. The van der Waals surface area contributed by atoms with Gasteiger partial charge in [0.2, 0.25) is 6.29 Å². The van der Waals surface area contributed by atoms with Crippen LogP contribution < -0.4 is 9.47 Å². The van der Waals surface area contributed by atoms with Crippen molar-refractivity contribution in [3.63, 3.8) is 0 Å². The Hall–Kier alpha value is -1.99. The van der Waals surface area contributed by atoms with Crippen LogP contribution in [0.3, 0.4) is 0 Å². The van der Waals surface area contributed by atoms with Crippen LogP contribution in [0.15, 0.2) is 12.1 Å². The van der Waals surface area contributed by atoms with Gasteiger partial charge in [0, 0.05) is 6.42 Å². The van der Waals surface area contributed by atoms with Crippen molar-refractivity contribution in [2.45, 2.75) is 75.2 Å². The topological polar surface area (TPSA) is 186 Å². The highest BCUT2D eigenvalue weighted by Crippen LogP contribution is 2.48. The minimum absolute atomic E-state index is 0.00920. The van der Waals surface area contributed by atoms with Crippen LogP contribution >= 0.6 is 0 Å². The predicted molar refractivity (Wildman–Crippen MR) is 102 cm³/mol. The van der Waals surface area contributed by atoms with Crippen molar-refractivity contribution >= 4 is 5.97 Å². The molecule has 7 unspecified atom stereocenters. The number of carboxylic acids is 1. The van der Waals surface area contributed by atoms with E-state index in [2.05, 4.69) is 0 Å². The van der Waals surface area contributed by atoms with Crippen molar-refractivity contribution in [3.05, 3.63) is 23.3 Å². The summed E-state index contributed by atoms with van der Waals surface area (Å²) in [6, 6.07) is 3.04. The Balaban J connectivity index is 2.00. The maximum absolute atomic E-state index is 11.1. The number of aliphatic hydroxyl groups is 6. The number of aryl methyl sites for hydroxylation is 1. The average molecular weight is 444 g/mol. The van der Waals surface area contributed by atoms with Crippen LogP contribution in [0.25, 0.3) is 0 Å². The SMILES string of the molecule is CC(C)(O)C1Oc2ccc(CCC(=O)O)c(OC3OC(CO)C(O)C(O)C3O)c2C1O. The molecular formula is C20H28O11. The largest absolute Gasteiger partial charge is 0.484 e. The maximum Gasteiger partial charge on any atom is 0.303 e. The number of hydrogen-bond donors (Lipinski definition) is 7. The zero-order valence-corrected chi connectivity index (χ0v) is 17.1. The molecule has 0 amide bonds. The molecule has 174 valence electrons. The molecule has 1 aromatic rings. The first-order chi connectivity index (χ1) is 14.5. The van der Waals surface area contributed by atoms with E-state index in [1.165, 1.54) is 26.0 Å². The molecule has 2 heterocycles. The lowest BCUT2D eigenvalue weighted by Crippen LogP contribution is -2.60. The molecule has 1 aromatic carbocycles. The van der Waals surface area contributed by atoms with Gasteiger partial charge in [0.15, 0.2) is 6.10 Å². The number of aliphatic hydroxyl groups excluding tert-OH is 5. The first-order valence-corrected chi connectivity index (χ1v) is 9.87. The summed E-state index contributed by atoms with van der Waals surface area (Å²) < 4.78 is 16.8. The maximum atomic E-state index is 11.1. The molecule has 0 bridgehead atoms. The zero-order chi connectivity index (χ0) is 23.1. The van der Waals surface area contributed by atoms with E-state index < -0.39 is 61.1 Å². The van der Waals surface area contributed by atoms with E-state index in [1.54, 1.807) is 0 Å². The summed E-state index contributed by atoms with van der Waals surface area (Å²) >= 11 is 0. The Kier molecular flexibility index (Phi) is 6.77. The van der Waals surface area contributed by atoms with Crippen LogP contribution in [-0.4, -0.2) is 90.7 Å². The lowest BCUT2D eigenvalue weighted by molar-refractivity contribution is -0.277. The zero-order valence-electron chi connectivity index (χ0n) is 17.1. The summed E-state index contributed by atoms with van der Waals surface area (Å²) in [7, 11) is 0. The Morgan fingerprint density at radius 2 is 1.81 bits per heavy atom. The molecule has 0 radical (unpaired) electrons. The van der Waals surface area contributed by atoms with Gasteiger partial charge in [-0.15, -0.1) is 0 Å². The van der Waals surface area contributed by atoms with E-state index in [1.807, 2.05) is 0 Å². The van der Waals surface area contributed by atoms with Crippen LogP contribution in [0.2, 0.25) is 0 Å². The molecule has 0 aliphatic carbocycles. The van der Waals surface area contributed by atoms with Crippen LogP contribution in [0, 0.1) is 0 Å². The molecule has 2 aliphatic heterocycles. The Morgan fingerprint density at radius 3 is 2.39 bits per heavy atom. The Labute approximate surface area is 178 Å². The summed E-state index contributed by atoms with van der Waals surface area (Å²) in [5, 5.41) is 69.9. The molecular weight excluding hydrogens is 416 g/mol. The monoisotopic (exact) mass is 444 g/mol. The van der Waals surface area contributed by atoms with Crippen molar-refractivity contribution in [3.8, 4) is 11.5 Å². The highest BCUT2D eigenvalue weighted by atomic mass is 16.7. The van der Waals surface area contributed by atoms with Crippen LogP contribution in [0.1, 0.15) is 37.5 Å². The number of hydrogen-bond acceptors (Lipinski definition) is 10. The van der Waals surface area contributed by atoms with E-state index in [0.717, 1.165) is 0 Å². The summed E-state index contributed by atoms with van der Waals surface area (Å²) in [6.07, 6.45) is -10.4. The lowest BCUT2D eigenvalue weighted by atomic mass is 9.92. The molecule has 1 saturated heterocycles. The molecule has 7 atom stereocenters. The molecule has 0 aromatic heterocycles. The Bertz CT molecular complexity index is 803. The normalized spacial score (nSPS) is 33.0. The van der Waals surface area contributed by atoms with Gasteiger partial charge in [-0.2, -0.15) is 0 Å². The number of benzene rings is 1. The summed E-state index contributed by atoms with van der Waals surface area (Å²) in [5.41, 5.74) is -0.941. The van der Waals surface area contributed by atoms with Gasteiger partial charge in [-0.1, -0.05) is 6.07 Å². The van der Waals surface area contributed by atoms with Crippen molar-refractivity contribution in [1.29, 1.82) is 0 Å². The van der Waals surface area contributed by atoms with Gasteiger partial charge in [-0.05, 0) is 31.9 Å². The van der Waals surface area contributed by atoms with E-state index in [0.29, 0.717) is 5.56 Å². The number of rotatable bonds is 7.